The average Bonchev–Trinajstić information content (AvgIpc) is 3.00. The Morgan fingerprint density at radius 1 is 1.16 bits per heavy atom. The number of benzene rings is 1. The molecule has 32 heavy (non-hydrogen) atoms. The molecule has 2 aromatic rings. The van der Waals surface area contributed by atoms with E-state index in [0.717, 1.165) is 16.8 Å². The normalized spacial score (nSPS) is 12.6. The third-order valence-electron chi connectivity index (χ3n) is 5.12. The first-order valence-corrected chi connectivity index (χ1v) is 13.0. The van der Waals surface area contributed by atoms with Gasteiger partial charge in [-0.05, 0) is 37.7 Å². The van der Waals surface area contributed by atoms with Gasteiger partial charge < -0.3 is 9.47 Å². The van der Waals surface area contributed by atoms with Crippen LogP contribution in [-0.2, 0) is 33.5 Å². The van der Waals surface area contributed by atoms with Crippen LogP contribution < -0.4 is 0 Å². The van der Waals surface area contributed by atoms with E-state index in [4.69, 9.17) is 0 Å². The first kappa shape index (κ1) is 26.1. The number of hydrogen-bond donors (Lipinski definition) is 0. The van der Waals surface area contributed by atoms with Crippen LogP contribution in [-0.4, -0.2) is 34.8 Å². The molecule has 2 rings (SSSR count). The first-order valence-electron chi connectivity index (χ1n) is 11.3. The van der Waals surface area contributed by atoms with Gasteiger partial charge in [0.2, 0.25) is 20.9 Å². The van der Waals surface area contributed by atoms with Crippen molar-refractivity contribution in [3.05, 3.63) is 47.3 Å². The van der Waals surface area contributed by atoms with Crippen molar-refractivity contribution in [2.75, 3.05) is 0 Å². The minimum atomic E-state index is -3.64. The molecule has 0 saturated heterocycles. The van der Waals surface area contributed by atoms with Crippen LogP contribution in [0.5, 0.6) is 0 Å². The van der Waals surface area contributed by atoms with Gasteiger partial charge in [-0.2, -0.15) is 0 Å². The summed E-state index contributed by atoms with van der Waals surface area (Å²) in [6.45, 7) is 17.0. The fourth-order valence-corrected chi connectivity index (χ4v) is 5.19. The van der Waals surface area contributed by atoms with Crippen molar-refractivity contribution in [2.45, 2.75) is 91.9 Å². The number of imidazole rings is 1. The highest BCUT2D eigenvalue weighted by molar-refractivity contribution is 7.90. The second-order valence-corrected chi connectivity index (χ2v) is 12.5. The van der Waals surface area contributed by atoms with Crippen LogP contribution in [0.15, 0.2) is 35.6 Å². The molecule has 0 radical (unpaired) electrons. The van der Waals surface area contributed by atoms with Crippen LogP contribution in [0.25, 0.3) is 0 Å². The van der Waals surface area contributed by atoms with E-state index in [1.807, 2.05) is 84.6 Å². The van der Waals surface area contributed by atoms with E-state index in [1.54, 1.807) is 10.8 Å². The number of aryl methyl sites for hydroxylation is 1. The standard InChI is InChI=1S/C25H39N3O3S/c1-18(2)15-28-22(16-27(19(3)4)23(29)13-25(6,7)8)14-26-24(28)32(30,31)17-21-11-9-10-20(5)12-21/h9-12,14,18-19H,13,15-17H2,1-8H3. The lowest BCUT2D eigenvalue weighted by molar-refractivity contribution is -0.135. The number of nitrogens with zero attached hydrogens (tertiary/aromatic N) is 3. The summed E-state index contributed by atoms with van der Waals surface area (Å²) in [5.41, 5.74) is 2.39. The van der Waals surface area contributed by atoms with Crippen LogP contribution in [0.4, 0.5) is 0 Å². The fraction of sp³-hybridized carbons (Fsp3) is 0.600. The maximum atomic E-state index is 13.3. The lowest BCUT2D eigenvalue weighted by Gasteiger charge is -2.30. The minimum Gasteiger partial charge on any atom is -0.334 e. The predicted octanol–water partition coefficient (Wildman–Crippen LogP) is 4.99. The van der Waals surface area contributed by atoms with Crippen LogP contribution in [0.2, 0.25) is 0 Å². The summed E-state index contributed by atoms with van der Waals surface area (Å²) in [4.78, 5) is 19.2. The molecule has 0 N–H and O–H groups in total. The van der Waals surface area contributed by atoms with Crippen molar-refractivity contribution in [3.63, 3.8) is 0 Å². The number of carbonyl (C=O) groups is 1. The SMILES string of the molecule is Cc1cccc(CS(=O)(=O)c2ncc(CN(C(=O)CC(C)(C)C)C(C)C)n2CC(C)C)c1. The van der Waals surface area contributed by atoms with Crippen molar-refractivity contribution in [2.24, 2.45) is 11.3 Å². The van der Waals surface area contributed by atoms with Gasteiger partial charge in [0, 0.05) is 19.0 Å². The van der Waals surface area contributed by atoms with E-state index in [2.05, 4.69) is 4.98 Å². The molecule has 0 saturated carbocycles. The number of sulfone groups is 1. The molecule has 7 heteroatoms. The summed E-state index contributed by atoms with van der Waals surface area (Å²) in [7, 11) is -3.64. The van der Waals surface area contributed by atoms with Gasteiger partial charge in [0.1, 0.15) is 0 Å². The topological polar surface area (TPSA) is 72.3 Å². The van der Waals surface area contributed by atoms with Gasteiger partial charge in [0.25, 0.3) is 0 Å². The summed E-state index contributed by atoms with van der Waals surface area (Å²) in [5, 5.41) is 0.0784. The number of carbonyl (C=O) groups excluding carboxylic acids is 1. The number of hydrogen-bond acceptors (Lipinski definition) is 4. The smallest absolute Gasteiger partial charge is 0.228 e. The Balaban J connectivity index is 2.41. The molecule has 1 aromatic heterocycles. The van der Waals surface area contributed by atoms with E-state index < -0.39 is 9.84 Å². The molecule has 0 aliphatic rings. The number of aromatic nitrogens is 2. The van der Waals surface area contributed by atoms with Gasteiger partial charge in [-0.3, -0.25) is 4.79 Å². The second kappa shape index (κ2) is 10.2. The maximum Gasteiger partial charge on any atom is 0.228 e. The van der Waals surface area contributed by atoms with Crippen LogP contribution in [0.1, 0.15) is 71.7 Å². The maximum absolute atomic E-state index is 13.3. The monoisotopic (exact) mass is 461 g/mol. The average molecular weight is 462 g/mol. The quantitative estimate of drug-likeness (QED) is 0.527. The molecule has 0 unspecified atom stereocenters. The van der Waals surface area contributed by atoms with Crippen molar-refractivity contribution >= 4 is 15.7 Å². The predicted molar refractivity (Wildman–Crippen MR) is 129 cm³/mol. The Kier molecular flexibility index (Phi) is 8.32. The van der Waals surface area contributed by atoms with Gasteiger partial charge in [-0.15, -0.1) is 0 Å². The fourth-order valence-electron chi connectivity index (χ4n) is 3.70. The third kappa shape index (κ3) is 7.19. The largest absolute Gasteiger partial charge is 0.334 e. The summed E-state index contributed by atoms with van der Waals surface area (Å²) in [5.74, 6) is 0.197. The Bertz CT molecular complexity index is 1030. The van der Waals surface area contributed by atoms with E-state index >= 15 is 0 Å². The Morgan fingerprint density at radius 3 is 2.34 bits per heavy atom. The van der Waals surface area contributed by atoms with Crippen molar-refractivity contribution < 1.29 is 13.2 Å². The third-order valence-corrected chi connectivity index (χ3v) is 6.72. The van der Waals surface area contributed by atoms with Crippen molar-refractivity contribution in [1.29, 1.82) is 0 Å². The molecule has 0 aliphatic heterocycles. The zero-order chi connectivity index (χ0) is 24.3. The molecule has 0 bridgehead atoms. The molecular weight excluding hydrogens is 422 g/mol. The highest BCUT2D eigenvalue weighted by Gasteiger charge is 2.28. The number of amides is 1. The Hall–Kier alpha value is -2.15. The molecule has 0 aliphatic carbocycles. The Labute approximate surface area is 194 Å². The second-order valence-electron chi connectivity index (χ2n) is 10.6. The highest BCUT2D eigenvalue weighted by Crippen LogP contribution is 2.24. The molecule has 1 aromatic carbocycles. The van der Waals surface area contributed by atoms with E-state index in [9.17, 15) is 13.2 Å². The molecule has 1 amide bonds. The van der Waals surface area contributed by atoms with Gasteiger partial charge in [-0.1, -0.05) is 64.4 Å². The summed E-state index contributed by atoms with van der Waals surface area (Å²) in [6.07, 6.45) is 2.05. The lowest BCUT2D eigenvalue weighted by atomic mass is 9.91. The van der Waals surface area contributed by atoms with Gasteiger partial charge in [-0.25, -0.2) is 13.4 Å². The van der Waals surface area contributed by atoms with Crippen molar-refractivity contribution in [1.82, 2.24) is 14.5 Å². The van der Waals surface area contributed by atoms with E-state index in [1.165, 1.54) is 0 Å². The highest BCUT2D eigenvalue weighted by atomic mass is 32.2. The van der Waals surface area contributed by atoms with Crippen LogP contribution in [0, 0.1) is 18.3 Å². The molecule has 0 spiro atoms. The first-order chi connectivity index (χ1) is 14.7. The molecular formula is C25H39N3O3S. The molecule has 1 heterocycles. The molecule has 0 atom stereocenters. The summed E-state index contributed by atoms with van der Waals surface area (Å²) < 4.78 is 28.4. The lowest BCUT2D eigenvalue weighted by Crippen LogP contribution is -2.39. The zero-order valence-corrected chi connectivity index (χ0v) is 21.7. The summed E-state index contributed by atoms with van der Waals surface area (Å²) in [6, 6.07) is 7.53. The molecule has 178 valence electrons. The zero-order valence-electron chi connectivity index (χ0n) is 20.8. The minimum absolute atomic E-state index is 0.000369. The Morgan fingerprint density at radius 2 is 1.81 bits per heavy atom. The molecule has 0 fully saturated rings. The number of rotatable bonds is 9. The van der Waals surface area contributed by atoms with Crippen LogP contribution >= 0.6 is 0 Å². The molecule has 6 nitrogen and oxygen atoms in total. The van der Waals surface area contributed by atoms with Gasteiger partial charge >= 0.3 is 0 Å². The summed E-state index contributed by atoms with van der Waals surface area (Å²) >= 11 is 0. The van der Waals surface area contributed by atoms with Crippen molar-refractivity contribution in [3.8, 4) is 0 Å². The van der Waals surface area contributed by atoms with Crippen LogP contribution in [0.3, 0.4) is 0 Å². The van der Waals surface area contributed by atoms with Gasteiger partial charge in [0.05, 0.1) is 24.2 Å². The van der Waals surface area contributed by atoms with E-state index in [0.29, 0.717) is 19.5 Å². The van der Waals surface area contributed by atoms with E-state index in [-0.39, 0.29) is 34.2 Å². The van der Waals surface area contributed by atoms with Gasteiger partial charge in [0.15, 0.2) is 0 Å².